The van der Waals surface area contributed by atoms with Gasteiger partial charge in [0.15, 0.2) is 0 Å². The summed E-state index contributed by atoms with van der Waals surface area (Å²) in [5, 5.41) is 0. The topological polar surface area (TPSA) is 27.7 Å². The van der Waals surface area contributed by atoms with E-state index in [0.717, 1.165) is 0 Å². The molecule has 14 heavy (non-hydrogen) atoms. The van der Waals surface area contributed by atoms with Crippen molar-refractivity contribution in [2.45, 2.75) is 40.0 Å². The summed E-state index contributed by atoms with van der Waals surface area (Å²) >= 11 is 4.23. The van der Waals surface area contributed by atoms with E-state index in [1.807, 2.05) is 20.8 Å². The lowest BCUT2D eigenvalue weighted by atomic mass is 10.9. The van der Waals surface area contributed by atoms with Gasteiger partial charge in [-0.05, 0) is 20.8 Å². The first kappa shape index (κ1) is 14.4. The molecule has 0 unspecified atom stereocenters. The van der Waals surface area contributed by atoms with Crippen LogP contribution in [0.4, 0.5) is 0 Å². The maximum atomic E-state index is 5.27. The molecule has 0 aromatic carbocycles. The van der Waals surface area contributed by atoms with Crippen molar-refractivity contribution in [3.05, 3.63) is 0 Å². The predicted octanol–water partition coefficient (Wildman–Crippen LogP) is 2.63. The highest BCUT2D eigenvalue weighted by Crippen LogP contribution is 2.15. The SMILES string of the molecule is C1CC1.CCO[Si](S)(OCC)OCC. The molecule has 0 radical (unpaired) electrons. The van der Waals surface area contributed by atoms with Gasteiger partial charge in [0.2, 0.25) is 0 Å². The summed E-state index contributed by atoms with van der Waals surface area (Å²) < 4.78 is 15.8. The van der Waals surface area contributed by atoms with Gasteiger partial charge in [-0.2, -0.15) is 0 Å². The average Bonchev–Trinajstić information content (AvgIpc) is 2.90. The molecule has 0 heterocycles. The third-order valence-electron chi connectivity index (χ3n) is 1.33. The summed E-state index contributed by atoms with van der Waals surface area (Å²) in [7, 11) is -2.55. The Morgan fingerprint density at radius 1 is 0.857 bits per heavy atom. The van der Waals surface area contributed by atoms with Crippen molar-refractivity contribution in [2.75, 3.05) is 19.8 Å². The minimum Gasteiger partial charge on any atom is -0.366 e. The third-order valence-corrected chi connectivity index (χ3v) is 4.46. The maximum Gasteiger partial charge on any atom is 0.570 e. The summed E-state index contributed by atoms with van der Waals surface area (Å²) in [5.74, 6) is 0. The molecule has 0 atom stereocenters. The minimum absolute atomic E-state index is 0.579. The molecule has 0 amide bonds. The molecule has 0 bridgehead atoms. The van der Waals surface area contributed by atoms with Crippen LogP contribution >= 0.6 is 12.1 Å². The number of hydrogen-bond acceptors (Lipinski definition) is 4. The molecule has 1 aliphatic carbocycles. The van der Waals surface area contributed by atoms with Crippen molar-refractivity contribution in [1.29, 1.82) is 0 Å². The van der Waals surface area contributed by atoms with Gasteiger partial charge in [0, 0.05) is 19.8 Å². The van der Waals surface area contributed by atoms with Crippen LogP contribution in [0.5, 0.6) is 0 Å². The molecule has 86 valence electrons. The van der Waals surface area contributed by atoms with Crippen LogP contribution in [-0.4, -0.2) is 27.8 Å². The highest BCUT2D eigenvalue weighted by Gasteiger charge is 2.35. The van der Waals surface area contributed by atoms with E-state index in [1.165, 1.54) is 19.3 Å². The Morgan fingerprint density at radius 2 is 1.14 bits per heavy atom. The molecule has 1 rings (SSSR count). The fourth-order valence-electron chi connectivity index (χ4n) is 0.672. The molecule has 5 heteroatoms. The summed E-state index contributed by atoms with van der Waals surface area (Å²) in [5.41, 5.74) is 0. The van der Waals surface area contributed by atoms with Crippen molar-refractivity contribution in [2.24, 2.45) is 0 Å². The van der Waals surface area contributed by atoms with Gasteiger partial charge in [0.25, 0.3) is 0 Å². The molecular formula is C9H22O3SSi. The first-order chi connectivity index (χ1) is 6.68. The zero-order chi connectivity index (χ0) is 10.9. The standard InChI is InChI=1S/C6H16O3SSi.C3H6/c1-4-7-11(10,8-5-2)9-6-3;1-2-3-1/h10H,4-6H2,1-3H3;1-3H2. The molecule has 0 saturated heterocycles. The Hall–Kier alpha value is 0.447. The zero-order valence-electron chi connectivity index (χ0n) is 9.41. The lowest BCUT2D eigenvalue weighted by Gasteiger charge is -2.22. The summed E-state index contributed by atoms with van der Waals surface area (Å²) in [6.07, 6.45) is 4.50. The van der Waals surface area contributed by atoms with Crippen molar-refractivity contribution in [3.8, 4) is 0 Å². The lowest BCUT2D eigenvalue weighted by Crippen LogP contribution is -2.40. The Balaban J connectivity index is 0.000000469. The van der Waals surface area contributed by atoms with Crippen LogP contribution < -0.4 is 0 Å². The molecule has 1 aliphatic rings. The van der Waals surface area contributed by atoms with Crippen LogP contribution in [-0.2, 0) is 13.3 Å². The van der Waals surface area contributed by atoms with Gasteiger partial charge in [-0.3, -0.25) is 0 Å². The molecule has 1 fully saturated rings. The predicted molar refractivity (Wildman–Crippen MR) is 63.5 cm³/mol. The largest absolute Gasteiger partial charge is 0.570 e. The van der Waals surface area contributed by atoms with Gasteiger partial charge < -0.3 is 13.3 Å². The number of hydrogen-bond donors (Lipinski definition) is 1. The average molecular weight is 238 g/mol. The zero-order valence-corrected chi connectivity index (χ0v) is 11.3. The molecule has 0 aromatic heterocycles. The second kappa shape index (κ2) is 8.73. The second-order valence-electron chi connectivity index (χ2n) is 2.88. The van der Waals surface area contributed by atoms with E-state index in [-0.39, 0.29) is 0 Å². The van der Waals surface area contributed by atoms with Crippen molar-refractivity contribution < 1.29 is 13.3 Å². The summed E-state index contributed by atoms with van der Waals surface area (Å²) in [6, 6.07) is 0. The Bertz CT molecular complexity index is 113. The van der Waals surface area contributed by atoms with Crippen molar-refractivity contribution in [1.82, 2.24) is 0 Å². The van der Waals surface area contributed by atoms with E-state index >= 15 is 0 Å². The van der Waals surface area contributed by atoms with Crippen LogP contribution in [0, 0.1) is 0 Å². The van der Waals surface area contributed by atoms with E-state index in [4.69, 9.17) is 13.3 Å². The van der Waals surface area contributed by atoms with Crippen LogP contribution in [0.1, 0.15) is 40.0 Å². The maximum absolute atomic E-state index is 5.27. The van der Waals surface area contributed by atoms with Crippen molar-refractivity contribution in [3.63, 3.8) is 0 Å². The number of thiol groups is 1. The Kier molecular flexibility index (Phi) is 9.01. The Morgan fingerprint density at radius 3 is 1.29 bits per heavy atom. The van der Waals surface area contributed by atoms with Crippen LogP contribution in [0.25, 0.3) is 0 Å². The monoisotopic (exact) mass is 238 g/mol. The van der Waals surface area contributed by atoms with Crippen molar-refractivity contribution >= 4 is 20.0 Å². The summed E-state index contributed by atoms with van der Waals surface area (Å²) in [4.78, 5) is 0. The molecule has 0 aromatic rings. The fourth-order valence-corrected chi connectivity index (χ4v) is 3.18. The van der Waals surface area contributed by atoms with Gasteiger partial charge in [0.1, 0.15) is 0 Å². The first-order valence-corrected chi connectivity index (χ1v) is 8.34. The normalized spacial score (nSPS) is 14.6. The van der Waals surface area contributed by atoms with Gasteiger partial charge in [-0.1, -0.05) is 19.3 Å². The number of rotatable bonds is 6. The van der Waals surface area contributed by atoms with Crippen LogP contribution in [0.3, 0.4) is 0 Å². The van der Waals surface area contributed by atoms with E-state index in [1.54, 1.807) is 0 Å². The van der Waals surface area contributed by atoms with Crippen LogP contribution in [0.2, 0.25) is 0 Å². The van der Waals surface area contributed by atoms with Gasteiger partial charge in [0.05, 0.1) is 0 Å². The van der Waals surface area contributed by atoms with Gasteiger partial charge in [-0.25, -0.2) is 0 Å². The molecular weight excluding hydrogens is 216 g/mol. The molecule has 0 spiro atoms. The molecule has 0 N–H and O–H groups in total. The van der Waals surface area contributed by atoms with Crippen LogP contribution in [0.15, 0.2) is 0 Å². The minimum atomic E-state index is -2.55. The molecule has 0 aliphatic heterocycles. The Labute approximate surface area is 93.5 Å². The fraction of sp³-hybridized carbons (Fsp3) is 1.00. The quantitative estimate of drug-likeness (QED) is 0.569. The second-order valence-corrected chi connectivity index (χ2v) is 6.44. The molecule has 1 saturated carbocycles. The van der Waals surface area contributed by atoms with E-state index in [9.17, 15) is 0 Å². The highest BCUT2D eigenvalue weighted by molar-refractivity contribution is 8.11. The third kappa shape index (κ3) is 9.02. The first-order valence-electron chi connectivity index (χ1n) is 5.32. The molecule has 3 nitrogen and oxygen atoms in total. The van der Waals surface area contributed by atoms with E-state index in [0.29, 0.717) is 19.8 Å². The smallest absolute Gasteiger partial charge is 0.366 e. The van der Waals surface area contributed by atoms with E-state index in [2.05, 4.69) is 12.1 Å². The van der Waals surface area contributed by atoms with E-state index < -0.39 is 7.95 Å². The van der Waals surface area contributed by atoms with Gasteiger partial charge in [-0.15, -0.1) is 12.1 Å². The highest BCUT2D eigenvalue weighted by atomic mass is 32.3. The lowest BCUT2D eigenvalue weighted by molar-refractivity contribution is 0.0973. The van der Waals surface area contributed by atoms with Gasteiger partial charge >= 0.3 is 7.95 Å². The summed E-state index contributed by atoms with van der Waals surface area (Å²) in [6.45, 7) is 7.43.